The van der Waals surface area contributed by atoms with Crippen molar-refractivity contribution >= 4 is 6.09 Å². The predicted molar refractivity (Wildman–Crippen MR) is 90.6 cm³/mol. The van der Waals surface area contributed by atoms with Gasteiger partial charge in [0.1, 0.15) is 11.4 Å². The number of carbonyl (C=O) groups excluding carboxylic acids is 1. The maximum Gasteiger partial charge on any atom is 0.410 e. The highest BCUT2D eigenvalue weighted by molar-refractivity contribution is 5.68. The molecule has 0 radical (unpaired) electrons. The van der Waals surface area contributed by atoms with Gasteiger partial charge in [-0.25, -0.2) is 4.79 Å². The quantitative estimate of drug-likeness (QED) is 0.837. The molecule has 25 heavy (non-hydrogen) atoms. The first-order chi connectivity index (χ1) is 11.9. The van der Waals surface area contributed by atoms with Crippen LogP contribution in [0, 0.1) is 0 Å². The summed E-state index contributed by atoms with van der Waals surface area (Å²) in [7, 11) is 0. The maximum absolute atomic E-state index is 12.2. The zero-order valence-electron chi connectivity index (χ0n) is 14.8. The number of carbonyl (C=O) groups is 1. The molecule has 0 saturated carbocycles. The molecule has 7 heteroatoms. The van der Waals surface area contributed by atoms with E-state index in [1.807, 2.05) is 51.1 Å². The molecule has 0 aliphatic carbocycles. The molecular weight excluding hydrogens is 322 g/mol. The van der Waals surface area contributed by atoms with Gasteiger partial charge in [-0.2, -0.15) is 4.98 Å². The van der Waals surface area contributed by atoms with E-state index < -0.39 is 5.60 Å². The first-order valence-corrected chi connectivity index (χ1v) is 8.45. The Morgan fingerprint density at radius 3 is 2.76 bits per heavy atom. The van der Waals surface area contributed by atoms with Gasteiger partial charge in [0.15, 0.2) is 0 Å². The molecule has 1 aromatic heterocycles. The SMILES string of the molecule is CC(C)(C)OC(=O)N1CCCC(c2nc(Oc3ccccc3)no2)C1. The normalized spacial score (nSPS) is 18.0. The van der Waals surface area contributed by atoms with Crippen LogP contribution < -0.4 is 4.74 Å². The monoisotopic (exact) mass is 345 g/mol. The molecule has 1 aromatic carbocycles. The van der Waals surface area contributed by atoms with Gasteiger partial charge in [0.2, 0.25) is 5.89 Å². The lowest BCUT2D eigenvalue weighted by molar-refractivity contribution is 0.0189. The number of benzene rings is 1. The number of rotatable bonds is 3. The lowest BCUT2D eigenvalue weighted by atomic mass is 9.98. The molecular formula is C18H23N3O4. The second kappa shape index (κ2) is 7.13. The van der Waals surface area contributed by atoms with Crippen LogP contribution >= 0.6 is 0 Å². The average Bonchev–Trinajstić information content (AvgIpc) is 3.03. The van der Waals surface area contributed by atoms with Crippen molar-refractivity contribution < 1.29 is 18.8 Å². The lowest BCUT2D eigenvalue weighted by Gasteiger charge is -2.32. The number of nitrogens with zero attached hydrogens (tertiary/aromatic N) is 3. The van der Waals surface area contributed by atoms with Gasteiger partial charge in [-0.3, -0.25) is 0 Å². The van der Waals surface area contributed by atoms with E-state index in [1.165, 1.54) is 0 Å². The van der Waals surface area contributed by atoms with Crippen LogP contribution in [0.2, 0.25) is 0 Å². The van der Waals surface area contributed by atoms with E-state index in [1.54, 1.807) is 4.90 Å². The number of hydrogen-bond acceptors (Lipinski definition) is 6. The van der Waals surface area contributed by atoms with Crippen molar-refractivity contribution in [3.8, 4) is 11.8 Å². The van der Waals surface area contributed by atoms with Crippen molar-refractivity contribution in [2.45, 2.75) is 45.1 Å². The third kappa shape index (κ3) is 4.71. The number of ether oxygens (including phenoxy) is 2. The van der Waals surface area contributed by atoms with Crippen LogP contribution in [0.25, 0.3) is 0 Å². The summed E-state index contributed by atoms with van der Waals surface area (Å²) in [6.45, 7) is 6.75. The summed E-state index contributed by atoms with van der Waals surface area (Å²) in [5.41, 5.74) is -0.509. The molecule has 7 nitrogen and oxygen atoms in total. The molecule has 0 N–H and O–H groups in total. The van der Waals surface area contributed by atoms with Crippen LogP contribution in [0.5, 0.6) is 11.8 Å². The summed E-state index contributed by atoms with van der Waals surface area (Å²) in [5, 5.41) is 3.87. The third-order valence-electron chi connectivity index (χ3n) is 3.80. The van der Waals surface area contributed by atoms with Crippen molar-refractivity contribution in [2.75, 3.05) is 13.1 Å². The van der Waals surface area contributed by atoms with Crippen LogP contribution in [0.3, 0.4) is 0 Å². The molecule has 1 aliphatic heterocycles. The summed E-state index contributed by atoms with van der Waals surface area (Å²) >= 11 is 0. The summed E-state index contributed by atoms with van der Waals surface area (Å²) in [5.74, 6) is 1.12. The standard InChI is InChI=1S/C18H23N3O4/c1-18(2,3)24-17(22)21-11-7-8-13(12-21)15-19-16(20-25-15)23-14-9-5-4-6-10-14/h4-6,9-10,13H,7-8,11-12H2,1-3H3. The molecule has 0 bridgehead atoms. The van der Waals surface area contributed by atoms with Crippen molar-refractivity contribution in [3.63, 3.8) is 0 Å². The van der Waals surface area contributed by atoms with E-state index in [9.17, 15) is 4.79 Å². The van der Waals surface area contributed by atoms with E-state index in [4.69, 9.17) is 14.0 Å². The van der Waals surface area contributed by atoms with Gasteiger partial charge in [-0.15, -0.1) is 0 Å². The predicted octanol–water partition coefficient (Wildman–Crippen LogP) is 3.98. The molecule has 1 unspecified atom stereocenters. The molecule has 134 valence electrons. The molecule has 1 atom stereocenters. The summed E-state index contributed by atoms with van der Waals surface area (Å²) in [4.78, 5) is 18.3. The summed E-state index contributed by atoms with van der Waals surface area (Å²) < 4.78 is 16.4. The largest absolute Gasteiger partial charge is 0.444 e. The molecule has 1 fully saturated rings. The summed E-state index contributed by atoms with van der Waals surface area (Å²) in [6, 6.07) is 9.46. The number of aromatic nitrogens is 2. The van der Waals surface area contributed by atoms with E-state index in [0.29, 0.717) is 24.7 Å². The zero-order chi connectivity index (χ0) is 17.9. The van der Waals surface area contributed by atoms with Crippen molar-refractivity contribution in [1.29, 1.82) is 0 Å². The minimum Gasteiger partial charge on any atom is -0.444 e. The topological polar surface area (TPSA) is 77.7 Å². The van der Waals surface area contributed by atoms with Gasteiger partial charge in [-0.1, -0.05) is 18.2 Å². The fourth-order valence-corrected chi connectivity index (χ4v) is 2.69. The molecule has 2 aromatic rings. The third-order valence-corrected chi connectivity index (χ3v) is 3.80. The second-order valence-electron chi connectivity index (χ2n) is 7.10. The Bertz CT molecular complexity index is 709. The minimum atomic E-state index is -0.509. The second-order valence-corrected chi connectivity index (χ2v) is 7.10. The lowest BCUT2D eigenvalue weighted by Crippen LogP contribution is -2.42. The number of hydrogen-bond donors (Lipinski definition) is 0. The molecule has 2 heterocycles. The van der Waals surface area contributed by atoms with Gasteiger partial charge >= 0.3 is 12.1 Å². The molecule has 3 rings (SSSR count). The highest BCUT2D eigenvalue weighted by Gasteiger charge is 2.31. The van der Waals surface area contributed by atoms with Crippen LogP contribution in [0.15, 0.2) is 34.9 Å². The molecule has 0 spiro atoms. The van der Waals surface area contributed by atoms with Crippen molar-refractivity contribution in [2.24, 2.45) is 0 Å². The first kappa shape index (κ1) is 17.3. The Morgan fingerprint density at radius 1 is 1.28 bits per heavy atom. The first-order valence-electron chi connectivity index (χ1n) is 8.45. The number of amides is 1. The Hall–Kier alpha value is -2.57. The Kier molecular flexibility index (Phi) is 4.92. The molecule has 1 saturated heterocycles. The van der Waals surface area contributed by atoms with Crippen molar-refractivity contribution in [1.82, 2.24) is 15.0 Å². The van der Waals surface area contributed by atoms with Crippen LogP contribution in [-0.4, -0.2) is 39.8 Å². The van der Waals surface area contributed by atoms with Gasteiger partial charge in [0.25, 0.3) is 0 Å². The van der Waals surface area contributed by atoms with Crippen LogP contribution in [0.1, 0.15) is 45.4 Å². The highest BCUT2D eigenvalue weighted by Crippen LogP contribution is 2.28. The highest BCUT2D eigenvalue weighted by atomic mass is 16.6. The zero-order valence-corrected chi connectivity index (χ0v) is 14.8. The molecule has 1 amide bonds. The molecule has 1 aliphatic rings. The van der Waals surface area contributed by atoms with Crippen LogP contribution in [-0.2, 0) is 4.74 Å². The number of piperidine rings is 1. The number of para-hydroxylation sites is 1. The average molecular weight is 345 g/mol. The van der Waals surface area contributed by atoms with E-state index in [2.05, 4.69) is 10.1 Å². The number of likely N-dealkylation sites (tertiary alicyclic amines) is 1. The summed E-state index contributed by atoms with van der Waals surface area (Å²) in [6.07, 6.45) is 1.44. The van der Waals surface area contributed by atoms with Gasteiger partial charge in [-0.05, 0) is 50.9 Å². The Labute approximate surface area is 146 Å². The fraction of sp³-hybridized carbons (Fsp3) is 0.500. The van der Waals surface area contributed by atoms with Crippen LogP contribution in [0.4, 0.5) is 4.79 Å². The van der Waals surface area contributed by atoms with Crippen molar-refractivity contribution in [3.05, 3.63) is 36.2 Å². The smallest absolute Gasteiger partial charge is 0.410 e. The minimum absolute atomic E-state index is 0.0121. The van der Waals surface area contributed by atoms with E-state index in [0.717, 1.165) is 12.8 Å². The Balaban J connectivity index is 1.63. The van der Waals surface area contributed by atoms with E-state index in [-0.39, 0.29) is 18.0 Å². The van der Waals surface area contributed by atoms with E-state index >= 15 is 0 Å². The Morgan fingerprint density at radius 2 is 2.04 bits per heavy atom. The van der Waals surface area contributed by atoms with Gasteiger partial charge in [0.05, 0.1) is 5.92 Å². The maximum atomic E-state index is 12.2. The van der Waals surface area contributed by atoms with Gasteiger partial charge in [0, 0.05) is 13.1 Å². The van der Waals surface area contributed by atoms with Gasteiger partial charge < -0.3 is 18.9 Å². The fourth-order valence-electron chi connectivity index (χ4n) is 2.69.